The number of hydrogen-bond donors (Lipinski definition) is 0. The van der Waals surface area contributed by atoms with Crippen molar-refractivity contribution in [2.75, 3.05) is 6.54 Å². The Bertz CT molecular complexity index is 586. The molecular weight excluding hydrogens is 282 g/mol. The molecule has 0 aliphatic heterocycles. The van der Waals surface area contributed by atoms with E-state index in [2.05, 4.69) is 0 Å². The fourth-order valence-electron chi connectivity index (χ4n) is 2.20. The van der Waals surface area contributed by atoms with Gasteiger partial charge in [-0.15, -0.1) is 0 Å². The molecule has 1 aliphatic rings. The van der Waals surface area contributed by atoms with Gasteiger partial charge < -0.3 is 4.90 Å². The van der Waals surface area contributed by atoms with Crippen LogP contribution in [0.25, 0.3) is 0 Å². The lowest BCUT2D eigenvalue weighted by molar-refractivity contribution is -0.387. The van der Waals surface area contributed by atoms with E-state index in [0.29, 0.717) is 6.54 Å². The Morgan fingerprint density at radius 3 is 2.52 bits per heavy atom. The minimum atomic E-state index is -1.40. The Balaban J connectivity index is 2.41. The van der Waals surface area contributed by atoms with Gasteiger partial charge in [-0.25, -0.2) is 4.39 Å². The van der Waals surface area contributed by atoms with Gasteiger partial charge in [-0.05, 0) is 24.8 Å². The van der Waals surface area contributed by atoms with E-state index in [-0.39, 0.29) is 12.0 Å². The number of nitrogens with zero attached hydrogens (tertiary/aromatic N) is 2. The molecule has 0 bridgehead atoms. The van der Waals surface area contributed by atoms with Gasteiger partial charge in [0.1, 0.15) is 11.4 Å². The van der Waals surface area contributed by atoms with Gasteiger partial charge in [0.25, 0.3) is 5.91 Å². The van der Waals surface area contributed by atoms with Crippen LogP contribution in [0.2, 0.25) is 0 Å². The first-order chi connectivity index (χ1) is 9.82. The molecule has 0 atom stereocenters. The van der Waals surface area contributed by atoms with Crippen molar-refractivity contribution in [3.8, 4) is 0 Å². The molecule has 1 fully saturated rings. The molecule has 1 aromatic carbocycles. The van der Waals surface area contributed by atoms with Crippen LogP contribution in [0.4, 0.5) is 14.5 Å². The molecule has 7 heteroatoms. The van der Waals surface area contributed by atoms with Crippen LogP contribution in [0.1, 0.15) is 37.0 Å². The standard InChI is InChI=1S/C14H16F2N2O3/c1-8(2)7-17(9-3-4-9)14(19)12-10(15)5-6-11(13(12)16)18(20)21/h5-6,8-9H,3-4,7H2,1-2H3. The first kappa shape index (κ1) is 15.3. The monoisotopic (exact) mass is 298 g/mol. The van der Waals surface area contributed by atoms with Crippen LogP contribution in [0.5, 0.6) is 0 Å². The SMILES string of the molecule is CC(C)CN(C(=O)c1c(F)ccc([N+](=O)[O-])c1F)C1CC1. The van der Waals surface area contributed by atoms with Crippen LogP contribution in [0, 0.1) is 27.7 Å². The van der Waals surface area contributed by atoms with E-state index >= 15 is 0 Å². The summed E-state index contributed by atoms with van der Waals surface area (Å²) in [4.78, 5) is 23.6. The molecule has 1 aliphatic carbocycles. The highest BCUT2D eigenvalue weighted by Crippen LogP contribution is 2.31. The van der Waals surface area contributed by atoms with Crippen LogP contribution in [0.15, 0.2) is 12.1 Å². The summed E-state index contributed by atoms with van der Waals surface area (Å²) in [5.41, 5.74) is -1.73. The molecule has 2 rings (SSSR count). The quantitative estimate of drug-likeness (QED) is 0.619. The van der Waals surface area contributed by atoms with Crippen molar-refractivity contribution >= 4 is 11.6 Å². The van der Waals surface area contributed by atoms with Crippen LogP contribution in [-0.2, 0) is 0 Å². The third kappa shape index (κ3) is 3.17. The van der Waals surface area contributed by atoms with Crippen molar-refractivity contribution in [3.05, 3.63) is 39.4 Å². The van der Waals surface area contributed by atoms with Gasteiger partial charge in [0, 0.05) is 18.7 Å². The van der Waals surface area contributed by atoms with Crippen LogP contribution < -0.4 is 0 Å². The molecule has 0 radical (unpaired) electrons. The number of rotatable bonds is 5. The molecular formula is C14H16F2N2O3. The van der Waals surface area contributed by atoms with E-state index in [9.17, 15) is 23.7 Å². The van der Waals surface area contributed by atoms with Crippen molar-refractivity contribution in [1.82, 2.24) is 4.90 Å². The van der Waals surface area contributed by atoms with Gasteiger partial charge in [-0.3, -0.25) is 14.9 Å². The van der Waals surface area contributed by atoms with Gasteiger partial charge in [-0.2, -0.15) is 4.39 Å². The number of nitro benzene ring substituents is 1. The maximum absolute atomic E-state index is 14.1. The fourth-order valence-corrected chi connectivity index (χ4v) is 2.20. The molecule has 1 amide bonds. The number of amides is 1. The maximum Gasteiger partial charge on any atom is 0.305 e. The normalized spacial score (nSPS) is 14.3. The van der Waals surface area contributed by atoms with Crippen LogP contribution in [-0.4, -0.2) is 28.3 Å². The van der Waals surface area contributed by atoms with E-state index < -0.39 is 33.7 Å². The Morgan fingerprint density at radius 2 is 2.05 bits per heavy atom. The predicted molar refractivity (Wildman–Crippen MR) is 71.9 cm³/mol. The van der Waals surface area contributed by atoms with Crippen molar-refractivity contribution in [3.63, 3.8) is 0 Å². The molecule has 0 unspecified atom stereocenters. The maximum atomic E-state index is 14.1. The zero-order valence-electron chi connectivity index (χ0n) is 11.8. The third-order valence-corrected chi connectivity index (χ3v) is 3.29. The Kier molecular flexibility index (Phi) is 4.20. The Labute approximate surface area is 120 Å². The van der Waals surface area contributed by atoms with Crippen LogP contribution >= 0.6 is 0 Å². The Morgan fingerprint density at radius 1 is 1.43 bits per heavy atom. The molecule has 1 aromatic rings. The zero-order valence-corrected chi connectivity index (χ0v) is 11.8. The van der Waals surface area contributed by atoms with Gasteiger partial charge in [0.05, 0.1) is 4.92 Å². The lowest BCUT2D eigenvalue weighted by atomic mass is 10.1. The van der Waals surface area contributed by atoms with Crippen molar-refractivity contribution in [2.45, 2.75) is 32.7 Å². The van der Waals surface area contributed by atoms with Crippen molar-refractivity contribution in [2.24, 2.45) is 5.92 Å². The Hall–Kier alpha value is -2.05. The van der Waals surface area contributed by atoms with Gasteiger partial charge >= 0.3 is 5.69 Å². The number of hydrogen-bond acceptors (Lipinski definition) is 3. The summed E-state index contributed by atoms with van der Waals surface area (Å²) in [6.07, 6.45) is 1.58. The topological polar surface area (TPSA) is 63.5 Å². The largest absolute Gasteiger partial charge is 0.335 e. The van der Waals surface area contributed by atoms with Crippen molar-refractivity contribution < 1.29 is 18.5 Å². The summed E-state index contributed by atoms with van der Waals surface area (Å²) in [5.74, 6) is -3.15. The highest BCUT2D eigenvalue weighted by Gasteiger charge is 2.37. The van der Waals surface area contributed by atoms with Crippen LogP contribution in [0.3, 0.4) is 0 Å². The summed E-state index contributed by atoms with van der Waals surface area (Å²) >= 11 is 0. The number of nitro groups is 1. The first-order valence-electron chi connectivity index (χ1n) is 6.76. The van der Waals surface area contributed by atoms with Gasteiger partial charge in [-0.1, -0.05) is 13.8 Å². The molecule has 21 heavy (non-hydrogen) atoms. The smallest absolute Gasteiger partial charge is 0.305 e. The van der Waals surface area contributed by atoms with E-state index in [4.69, 9.17) is 0 Å². The molecule has 0 N–H and O–H groups in total. The lowest BCUT2D eigenvalue weighted by Gasteiger charge is -2.24. The van der Waals surface area contributed by atoms with Gasteiger partial charge in [0.2, 0.25) is 5.82 Å². The van der Waals surface area contributed by atoms with E-state index in [1.807, 2.05) is 13.8 Å². The number of carbonyl (C=O) groups excluding carboxylic acids is 1. The number of carbonyl (C=O) groups is 1. The minimum absolute atomic E-state index is 0.0297. The second-order valence-corrected chi connectivity index (χ2v) is 5.60. The highest BCUT2D eigenvalue weighted by molar-refractivity contribution is 5.96. The fraction of sp³-hybridized carbons (Fsp3) is 0.500. The predicted octanol–water partition coefficient (Wildman–Crippen LogP) is 3.13. The molecule has 0 aromatic heterocycles. The minimum Gasteiger partial charge on any atom is -0.335 e. The summed E-state index contributed by atoms with van der Waals surface area (Å²) in [7, 11) is 0. The number of benzene rings is 1. The zero-order chi connectivity index (χ0) is 15.7. The molecule has 1 saturated carbocycles. The van der Waals surface area contributed by atoms with E-state index in [1.54, 1.807) is 0 Å². The molecule has 114 valence electrons. The number of halogens is 2. The molecule has 5 nitrogen and oxygen atoms in total. The summed E-state index contributed by atoms with van der Waals surface area (Å²) < 4.78 is 27.9. The van der Waals surface area contributed by atoms with E-state index in [1.165, 1.54) is 4.90 Å². The highest BCUT2D eigenvalue weighted by atomic mass is 19.1. The second kappa shape index (κ2) is 5.75. The molecule has 0 heterocycles. The summed E-state index contributed by atoms with van der Waals surface area (Å²) in [6.45, 7) is 4.15. The average Bonchev–Trinajstić information content (AvgIpc) is 3.19. The van der Waals surface area contributed by atoms with Gasteiger partial charge in [0.15, 0.2) is 0 Å². The average molecular weight is 298 g/mol. The second-order valence-electron chi connectivity index (χ2n) is 5.60. The van der Waals surface area contributed by atoms with Crippen molar-refractivity contribution in [1.29, 1.82) is 0 Å². The van der Waals surface area contributed by atoms with E-state index in [0.717, 1.165) is 25.0 Å². The molecule has 0 spiro atoms. The first-order valence-corrected chi connectivity index (χ1v) is 6.76. The third-order valence-electron chi connectivity index (χ3n) is 3.29. The summed E-state index contributed by atoms with van der Waals surface area (Å²) in [5, 5.41) is 10.7. The lowest BCUT2D eigenvalue weighted by Crippen LogP contribution is -2.37. The summed E-state index contributed by atoms with van der Waals surface area (Å²) in [6, 6.07) is 1.46. The molecule has 0 saturated heterocycles.